The van der Waals surface area contributed by atoms with Crippen LogP contribution in [0.15, 0.2) is 18.2 Å². The van der Waals surface area contributed by atoms with Gasteiger partial charge in [-0.2, -0.15) is 0 Å². The Bertz CT molecular complexity index is 342. The van der Waals surface area contributed by atoms with E-state index >= 15 is 0 Å². The maximum Gasteiger partial charge on any atom is 0.126 e. The average Bonchev–Trinajstić information content (AvgIpc) is 2.38. The van der Waals surface area contributed by atoms with Gasteiger partial charge in [0.1, 0.15) is 12.4 Å². The van der Waals surface area contributed by atoms with Crippen molar-refractivity contribution in [1.29, 1.82) is 0 Å². The molecule has 0 saturated heterocycles. The fourth-order valence-corrected chi connectivity index (χ4v) is 1.69. The van der Waals surface area contributed by atoms with Gasteiger partial charge in [-0.25, -0.2) is 0 Å². The van der Waals surface area contributed by atoms with Crippen molar-refractivity contribution in [2.24, 2.45) is 0 Å². The van der Waals surface area contributed by atoms with Gasteiger partial charge < -0.3 is 19.9 Å². The molecule has 0 atom stereocenters. The molecule has 0 spiro atoms. The highest BCUT2D eigenvalue weighted by molar-refractivity contribution is 5.40. The lowest BCUT2D eigenvalue weighted by molar-refractivity contribution is 0.0701. The van der Waals surface area contributed by atoms with Crippen molar-refractivity contribution < 1.29 is 14.6 Å². The minimum atomic E-state index is 0.0516. The number of hydrogen-bond donors (Lipinski definition) is 2. The molecule has 0 aromatic heterocycles. The van der Waals surface area contributed by atoms with Crippen LogP contribution in [0.1, 0.15) is 18.1 Å². The van der Waals surface area contributed by atoms with Gasteiger partial charge in [-0.15, -0.1) is 0 Å². The Balaban J connectivity index is 2.50. The first kappa shape index (κ1) is 15.0. The summed E-state index contributed by atoms with van der Waals surface area (Å²) in [6.45, 7) is 7.29. The number of benzene rings is 1. The summed E-state index contributed by atoms with van der Waals surface area (Å²) in [6, 6.07) is 6.15. The van der Waals surface area contributed by atoms with Gasteiger partial charge in [0.25, 0.3) is 0 Å². The van der Waals surface area contributed by atoms with Crippen molar-refractivity contribution in [1.82, 2.24) is 5.32 Å². The molecule has 0 saturated carbocycles. The van der Waals surface area contributed by atoms with Gasteiger partial charge in [-0.05, 0) is 19.0 Å². The van der Waals surface area contributed by atoms with Crippen molar-refractivity contribution >= 4 is 0 Å². The van der Waals surface area contributed by atoms with E-state index < -0.39 is 0 Å². The molecule has 102 valence electrons. The molecular weight excluding hydrogens is 230 g/mol. The predicted molar refractivity (Wildman–Crippen MR) is 72.0 cm³/mol. The zero-order valence-corrected chi connectivity index (χ0v) is 11.2. The summed E-state index contributed by atoms with van der Waals surface area (Å²) in [4.78, 5) is 0. The smallest absolute Gasteiger partial charge is 0.126 e. The van der Waals surface area contributed by atoms with E-state index in [0.717, 1.165) is 24.4 Å². The van der Waals surface area contributed by atoms with Crippen LogP contribution in [-0.2, 0) is 11.3 Å². The maximum absolute atomic E-state index is 8.59. The molecule has 4 heteroatoms. The predicted octanol–water partition coefficient (Wildman–Crippen LogP) is 1.49. The summed E-state index contributed by atoms with van der Waals surface area (Å²) in [7, 11) is 0. The fourth-order valence-electron chi connectivity index (χ4n) is 1.69. The van der Waals surface area contributed by atoms with E-state index in [-0.39, 0.29) is 6.61 Å². The lowest BCUT2D eigenvalue weighted by Gasteiger charge is -2.14. The molecule has 18 heavy (non-hydrogen) atoms. The summed E-state index contributed by atoms with van der Waals surface area (Å²) in [5.74, 6) is 0.936. The molecule has 1 aromatic carbocycles. The quantitative estimate of drug-likeness (QED) is 0.655. The number of hydrogen-bond acceptors (Lipinski definition) is 4. The van der Waals surface area contributed by atoms with E-state index in [1.807, 2.05) is 19.1 Å². The van der Waals surface area contributed by atoms with Crippen LogP contribution in [0.4, 0.5) is 0 Å². The highest BCUT2D eigenvalue weighted by atomic mass is 16.5. The number of aryl methyl sites for hydroxylation is 1. The Morgan fingerprint density at radius 3 is 2.78 bits per heavy atom. The Morgan fingerprint density at radius 1 is 1.22 bits per heavy atom. The second-order valence-electron chi connectivity index (χ2n) is 4.03. The van der Waals surface area contributed by atoms with Crippen molar-refractivity contribution in [3.05, 3.63) is 29.3 Å². The third-order valence-corrected chi connectivity index (χ3v) is 2.57. The van der Waals surface area contributed by atoms with Crippen molar-refractivity contribution in [2.45, 2.75) is 20.4 Å². The number of aliphatic hydroxyl groups excluding tert-OH is 1. The number of para-hydroxylation sites is 1. The van der Waals surface area contributed by atoms with Crippen molar-refractivity contribution in [3.8, 4) is 5.75 Å². The van der Waals surface area contributed by atoms with Crippen LogP contribution >= 0.6 is 0 Å². The molecule has 0 radical (unpaired) electrons. The molecule has 0 heterocycles. The summed E-state index contributed by atoms with van der Waals surface area (Å²) in [5, 5.41) is 11.9. The zero-order valence-electron chi connectivity index (χ0n) is 11.2. The van der Waals surface area contributed by atoms with E-state index in [2.05, 4.69) is 18.3 Å². The molecule has 4 nitrogen and oxygen atoms in total. The first-order chi connectivity index (χ1) is 8.79. The van der Waals surface area contributed by atoms with Crippen molar-refractivity contribution in [3.63, 3.8) is 0 Å². The van der Waals surface area contributed by atoms with Gasteiger partial charge in [0, 0.05) is 12.1 Å². The largest absolute Gasteiger partial charge is 0.491 e. The molecule has 0 aliphatic carbocycles. The van der Waals surface area contributed by atoms with Crippen LogP contribution in [0.3, 0.4) is 0 Å². The topological polar surface area (TPSA) is 50.7 Å². The summed E-state index contributed by atoms with van der Waals surface area (Å²) >= 11 is 0. The summed E-state index contributed by atoms with van der Waals surface area (Å²) in [6.07, 6.45) is 0. The first-order valence-corrected chi connectivity index (χ1v) is 6.40. The van der Waals surface area contributed by atoms with E-state index in [1.165, 1.54) is 5.56 Å². The lowest BCUT2D eigenvalue weighted by atomic mass is 10.1. The van der Waals surface area contributed by atoms with Crippen molar-refractivity contribution in [2.75, 3.05) is 33.0 Å². The number of rotatable bonds is 9. The van der Waals surface area contributed by atoms with Gasteiger partial charge in [0.15, 0.2) is 0 Å². The number of aliphatic hydroxyl groups is 1. The summed E-state index contributed by atoms with van der Waals surface area (Å²) in [5.41, 5.74) is 2.30. The maximum atomic E-state index is 8.59. The van der Waals surface area contributed by atoms with Crippen LogP contribution in [0.2, 0.25) is 0 Å². The molecule has 0 aliphatic heterocycles. The van der Waals surface area contributed by atoms with Gasteiger partial charge in [0.2, 0.25) is 0 Å². The minimum absolute atomic E-state index is 0.0516. The Hall–Kier alpha value is -1.10. The molecule has 0 fully saturated rings. The first-order valence-electron chi connectivity index (χ1n) is 6.40. The van der Waals surface area contributed by atoms with Crippen LogP contribution in [0.5, 0.6) is 5.75 Å². The number of ether oxygens (including phenoxy) is 2. The zero-order chi connectivity index (χ0) is 13.2. The lowest BCUT2D eigenvalue weighted by Crippen LogP contribution is -2.15. The molecule has 1 rings (SSSR count). The van der Waals surface area contributed by atoms with E-state index in [0.29, 0.717) is 19.8 Å². The van der Waals surface area contributed by atoms with Gasteiger partial charge in [0.05, 0.1) is 19.8 Å². The van der Waals surface area contributed by atoms with E-state index in [9.17, 15) is 0 Å². The fraction of sp³-hybridized carbons (Fsp3) is 0.571. The normalized spacial score (nSPS) is 10.6. The molecule has 0 aliphatic rings. The van der Waals surface area contributed by atoms with Crippen LogP contribution in [-0.4, -0.2) is 38.1 Å². The second-order valence-corrected chi connectivity index (χ2v) is 4.03. The summed E-state index contributed by atoms with van der Waals surface area (Å²) < 4.78 is 10.9. The highest BCUT2D eigenvalue weighted by Gasteiger charge is 2.06. The van der Waals surface area contributed by atoms with Gasteiger partial charge >= 0.3 is 0 Å². The van der Waals surface area contributed by atoms with Crippen LogP contribution < -0.4 is 10.1 Å². The SMILES string of the molecule is CCNCc1cccc(C)c1OCCOCCO. The highest BCUT2D eigenvalue weighted by Crippen LogP contribution is 2.23. The van der Waals surface area contributed by atoms with E-state index in [4.69, 9.17) is 14.6 Å². The molecule has 0 bridgehead atoms. The van der Waals surface area contributed by atoms with Gasteiger partial charge in [-0.1, -0.05) is 25.1 Å². The standard InChI is InChI=1S/C14H23NO3/c1-3-15-11-13-6-4-5-12(2)14(13)18-10-9-17-8-7-16/h4-6,15-16H,3,7-11H2,1-2H3. The third-order valence-electron chi connectivity index (χ3n) is 2.57. The molecule has 0 amide bonds. The Kier molecular flexibility index (Phi) is 7.41. The monoisotopic (exact) mass is 253 g/mol. The average molecular weight is 253 g/mol. The third kappa shape index (κ3) is 5.04. The Morgan fingerprint density at radius 2 is 2.06 bits per heavy atom. The molecule has 1 aromatic rings. The second kappa shape index (κ2) is 8.91. The van der Waals surface area contributed by atoms with Gasteiger partial charge in [-0.3, -0.25) is 0 Å². The Labute approximate surface area is 109 Å². The van der Waals surface area contributed by atoms with E-state index in [1.54, 1.807) is 0 Å². The molecular formula is C14H23NO3. The minimum Gasteiger partial charge on any atom is -0.491 e. The van der Waals surface area contributed by atoms with Crippen LogP contribution in [0.25, 0.3) is 0 Å². The number of nitrogens with one attached hydrogen (secondary N) is 1. The van der Waals surface area contributed by atoms with Crippen LogP contribution in [0, 0.1) is 6.92 Å². The molecule has 2 N–H and O–H groups in total. The molecule has 0 unspecified atom stereocenters.